The van der Waals surface area contributed by atoms with Crippen molar-refractivity contribution in [2.75, 3.05) is 31.1 Å². The fraction of sp³-hybridized carbons (Fsp3) is 0.467. The maximum atomic E-state index is 12.3. The van der Waals surface area contributed by atoms with Gasteiger partial charge in [0.15, 0.2) is 16.8 Å². The highest BCUT2D eigenvalue weighted by Gasteiger charge is 2.28. The van der Waals surface area contributed by atoms with Gasteiger partial charge in [0.2, 0.25) is 0 Å². The number of carbonyl (C=O) groups excluding carboxylic acids is 1. The lowest BCUT2D eigenvalue weighted by Gasteiger charge is -2.34. The van der Waals surface area contributed by atoms with E-state index in [9.17, 15) is 4.79 Å². The van der Waals surface area contributed by atoms with Crippen LogP contribution in [0.3, 0.4) is 0 Å². The van der Waals surface area contributed by atoms with Gasteiger partial charge in [0.25, 0.3) is 5.91 Å². The Labute approximate surface area is 133 Å². The average Bonchev–Trinajstić information content (AvgIpc) is 3.11. The van der Waals surface area contributed by atoms with Crippen LogP contribution in [0.1, 0.15) is 35.0 Å². The summed E-state index contributed by atoms with van der Waals surface area (Å²) in [6, 6.07) is 5.35. The van der Waals surface area contributed by atoms with Gasteiger partial charge in [-0.1, -0.05) is 0 Å². The molecule has 0 unspecified atom stereocenters. The Kier molecular flexibility index (Phi) is 3.33. The molecule has 0 atom stereocenters. The number of amides is 1. The third-order valence-electron chi connectivity index (χ3n) is 4.28. The summed E-state index contributed by atoms with van der Waals surface area (Å²) in [7, 11) is 0. The van der Waals surface area contributed by atoms with E-state index >= 15 is 0 Å². The number of anilines is 1. The van der Waals surface area contributed by atoms with Gasteiger partial charge >= 0.3 is 0 Å². The van der Waals surface area contributed by atoms with Crippen LogP contribution in [0.15, 0.2) is 22.6 Å². The molecule has 2 aromatic heterocycles. The molecule has 1 N–H and O–H groups in total. The molecule has 0 spiro atoms. The van der Waals surface area contributed by atoms with Gasteiger partial charge in [-0.05, 0) is 36.6 Å². The summed E-state index contributed by atoms with van der Waals surface area (Å²) in [4.78, 5) is 16.3. The van der Waals surface area contributed by atoms with Crippen LogP contribution in [0.25, 0.3) is 0 Å². The first-order chi connectivity index (χ1) is 10.7. The van der Waals surface area contributed by atoms with E-state index in [0.717, 1.165) is 18.9 Å². The molecule has 1 aliphatic carbocycles. The van der Waals surface area contributed by atoms with Crippen molar-refractivity contribution in [3.05, 3.63) is 34.9 Å². The van der Waals surface area contributed by atoms with E-state index in [1.807, 2.05) is 0 Å². The lowest BCUT2D eigenvalue weighted by atomic mass is 10.2. The summed E-state index contributed by atoms with van der Waals surface area (Å²) >= 11 is 5.72. The number of nitrogens with zero attached hydrogens (tertiary/aromatic N) is 3. The summed E-state index contributed by atoms with van der Waals surface area (Å²) in [6.45, 7) is 2.86. The minimum Gasteiger partial charge on any atom is -0.440 e. The van der Waals surface area contributed by atoms with E-state index in [1.165, 1.54) is 18.5 Å². The quantitative estimate of drug-likeness (QED) is 0.943. The number of hydrogen-bond donors (Lipinski definition) is 1. The summed E-state index contributed by atoms with van der Waals surface area (Å²) in [5.41, 5.74) is 1.23. The number of aromatic nitrogens is 2. The van der Waals surface area contributed by atoms with Crippen LogP contribution < -0.4 is 4.90 Å². The third-order valence-corrected chi connectivity index (χ3v) is 4.48. The molecule has 1 saturated heterocycles. The minimum atomic E-state index is -0.104. The Balaban J connectivity index is 1.38. The van der Waals surface area contributed by atoms with Crippen molar-refractivity contribution in [2.24, 2.45) is 0 Å². The zero-order valence-corrected chi connectivity index (χ0v) is 12.8. The average molecular weight is 321 g/mol. The van der Waals surface area contributed by atoms with Gasteiger partial charge in [-0.15, -0.1) is 0 Å². The van der Waals surface area contributed by atoms with Crippen LogP contribution in [0.4, 0.5) is 5.82 Å². The molecule has 2 fully saturated rings. The van der Waals surface area contributed by atoms with E-state index in [2.05, 4.69) is 21.2 Å². The molecule has 4 rings (SSSR count). The standard InChI is InChI=1S/C15H17ClN4O2/c16-13-4-3-12(22-13)15(21)20-7-5-19(6-8-20)14-9-11(17-18-14)10-1-2-10/h3-4,9-10H,1-2,5-8H2,(H,17,18). The van der Waals surface area contributed by atoms with Crippen LogP contribution >= 0.6 is 11.6 Å². The molecule has 1 saturated carbocycles. The van der Waals surface area contributed by atoms with Crippen molar-refractivity contribution in [1.82, 2.24) is 15.1 Å². The maximum absolute atomic E-state index is 12.3. The number of aromatic amines is 1. The second kappa shape index (κ2) is 5.35. The second-order valence-electron chi connectivity index (χ2n) is 5.84. The largest absolute Gasteiger partial charge is 0.440 e. The van der Waals surface area contributed by atoms with Gasteiger partial charge in [-0.25, -0.2) is 0 Å². The highest BCUT2D eigenvalue weighted by molar-refractivity contribution is 6.29. The van der Waals surface area contributed by atoms with Gasteiger partial charge in [-0.3, -0.25) is 9.89 Å². The molecular weight excluding hydrogens is 304 g/mol. The van der Waals surface area contributed by atoms with Crippen LogP contribution in [-0.2, 0) is 0 Å². The van der Waals surface area contributed by atoms with E-state index in [1.54, 1.807) is 17.0 Å². The van der Waals surface area contributed by atoms with Gasteiger partial charge in [0.05, 0.1) is 0 Å². The third kappa shape index (κ3) is 2.59. The van der Waals surface area contributed by atoms with Crippen LogP contribution in [-0.4, -0.2) is 47.2 Å². The van der Waals surface area contributed by atoms with Crippen molar-refractivity contribution in [2.45, 2.75) is 18.8 Å². The Bertz CT molecular complexity index is 683. The molecule has 116 valence electrons. The SMILES string of the molecule is O=C(c1ccc(Cl)o1)N1CCN(c2cc(C3CC3)[nH]n2)CC1. The van der Waals surface area contributed by atoms with Gasteiger partial charge < -0.3 is 14.2 Å². The summed E-state index contributed by atoms with van der Waals surface area (Å²) in [5, 5.41) is 7.76. The molecule has 3 heterocycles. The Morgan fingerprint density at radius 3 is 2.68 bits per heavy atom. The monoisotopic (exact) mass is 320 g/mol. The predicted molar refractivity (Wildman–Crippen MR) is 82.4 cm³/mol. The van der Waals surface area contributed by atoms with E-state index in [-0.39, 0.29) is 11.1 Å². The van der Waals surface area contributed by atoms with Crippen molar-refractivity contribution < 1.29 is 9.21 Å². The van der Waals surface area contributed by atoms with Crippen LogP contribution in [0, 0.1) is 0 Å². The fourth-order valence-electron chi connectivity index (χ4n) is 2.81. The van der Waals surface area contributed by atoms with Crippen LogP contribution in [0.2, 0.25) is 5.22 Å². The molecule has 2 aliphatic rings. The Hall–Kier alpha value is -1.95. The lowest BCUT2D eigenvalue weighted by molar-refractivity contribution is 0.0714. The fourth-order valence-corrected chi connectivity index (χ4v) is 2.96. The summed E-state index contributed by atoms with van der Waals surface area (Å²) in [6.07, 6.45) is 2.52. The lowest BCUT2D eigenvalue weighted by Crippen LogP contribution is -2.48. The molecule has 0 aromatic carbocycles. The van der Waals surface area contributed by atoms with Crippen LogP contribution in [0.5, 0.6) is 0 Å². The first kappa shape index (κ1) is 13.7. The number of piperazine rings is 1. The number of rotatable bonds is 3. The zero-order chi connectivity index (χ0) is 15.1. The molecule has 1 aliphatic heterocycles. The van der Waals surface area contributed by atoms with Gasteiger partial charge in [0.1, 0.15) is 0 Å². The maximum Gasteiger partial charge on any atom is 0.289 e. The number of carbonyl (C=O) groups is 1. The molecule has 0 bridgehead atoms. The summed E-state index contributed by atoms with van der Waals surface area (Å²) < 4.78 is 5.19. The van der Waals surface area contributed by atoms with Gasteiger partial charge in [-0.2, -0.15) is 5.10 Å². The smallest absolute Gasteiger partial charge is 0.289 e. The zero-order valence-electron chi connectivity index (χ0n) is 12.1. The molecule has 6 nitrogen and oxygen atoms in total. The van der Waals surface area contributed by atoms with E-state index in [0.29, 0.717) is 24.8 Å². The molecular formula is C15H17ClN4O2. The highest BCUT2D eigenvalue weighted by Crippen LogP contribution is 2.39. The van der Waals surface area contributed by atoms with Crippen molar-refractivity contribution >= 4 is 23.3 Å². The van der Waals surface area contributed by atoms with Crippen molar-refractivity contribution in [3.8, 4) is 0 Å². The minimum absolute atomic E-state index is 0.104. The second-order valence-corrected chi connectivity index (χ2v) is 6.21. The van der Waals surface area contributed by atoms with Gasteiger partial charge in [0, 0.05) is 43.9 Å². The normalized spacial score (nSPS) is 18.8. The molecule has 0 radical (unpaired) electrons. The predicted octanol–water partition coefficient (Wildman–Crippen LogP) is 2.50. The van der Waals surface area contributed by atoms with E-state index in [4.69, 9.17) is 16.0 Å². The van der Waals surface area contributed by atoms with E-state index < -0.39 is 0 Å². The number of hydrogen-bond acceptors (Lipinski definition) is 4. The Morgan fingerprint density at radius 1 is 1.27 bits per heavy atom. The number of furan rings is 1. The molecule has 2 aromatic rings. The highest BCUT2D eigenvalue weighted by atomic mass is 35.5. The van der Waals surface area contributed by atoms with Crippen molar-refractivity contribution in [3.63, 3.8) is 0 Å². The number of H-pyrrole nitrogens is 1. The number of nitrogens with one attached hydrogen (secondary N) is 1. The van der Waals surface area contributed by atoms with Crippen molar-refractivity contribution in [1.29, 1.82) is 0 Å². The molecule has 1 amide bonds. The topological polar surface area (TPSA) is 65.4 Å². The molecule has 22 heavy (non-hydrogen) atoms. The first-order valence-electron chi connectivity index (χ1n) is 7.55. The first-order valence-corrected chi connectivity index (χ1v) is 7.93. The molecule has 7 heteroatoms. The Morgan fingerprint density at radius 2 is 2.05 bits per heavy atom. The number of halogens is 1. The summed E-state index contributed by atoms with van der Waals surface area (Å²) in [5.74, 6) is 1.85.